The van der Waals surface area contributed by atoms with E-state index in [4.69, 9.17) is 10.5 Å². The van der Waals surface area contributed by atoms with Crippen LogP contribution < -0.4 is 10.5 Å². The molecule has 1 aromatic rings. The number of hydrogen-bond acceptors (Lipinski definition) is 3. The van der Waals surface area contributed by atoms with E-state index in [1.807, 2.05) is 19.1 Å². The van der Waals surface area contributed by atoms with E-state index in [1.54, 1.807) is 7.11 Å². The zero-order valence-corrected chi connectivity index (χ0v) is 9.84. The molecule has 0 bridgehead atoms. The van der Waals surface area contributed by atoms with E-state index >= 15 is 0 Å². The molecule has 0 radical (unpaired) electrons. The maximum Gasteiger partial charge on any atom is 0.133 e. The van der Waals surface area contributed by atoms with Gasteiger partial charge in [-0.15, -0.1) is 0 Å². The molecular weight excluding hydrogens is 246 g/mol. The van der Waals surface area contributed by atoms with Crippen molar-refractivity contribution >= 4 is 15.9 Å². The third-order valence-electron chi connectivity index (χ3n) is 2.14. The summed E-state index contributed by atoms with van der Waals surface area (Å²) in [4.78, 5) is 0. The number of halogens is 1. The third kappa shape index (κ3) is 2.08. The lowest BCUT2D eigenvalue weighted by Crippen LogP contribution is -2.13. The zero-order chi connectivity index (χ0) is 10.7. The summed E-state index contributed by atoms with van der Waals surface area (Å²) >= 11 is 3.39. The smallest absolute Gasteiger partial charge is 0.133 e. The van der Waals surface area contributed by atoms with Gasteiger partial charge < -0.3 is 15.6 Å². The Morgan fingerprint density at radius 2 is 2.21 bits per heavy atom. The largest absolute Gasteiger partial charge is 0.496 e. The second-order valence-corrected chi connectivity index (χ2v) is 3.86. The lowest BCUT2D eigenvalue weighted by Gasteiger charge is -2.16. The molecule has 0 saturated heterocycles. The van der Waals surface area contributed by atoms with E-state index in [9.17, 15) is 5.11 Å². The molecule has 14 heavy (non-hydrogen) atoms. The number of ether oxygens (including phenoxy) is 1. The molecule has 0 aromatic heterocycles. The predicted octanol–water partition coefficient (Wildman–Crippen LogP) is 1.76. The highest BCUT2D eigenvalue weighted by molar-refractivity contribution is 9.10. The highest BCUT2D eigenvalue weighted by atomic mass is 79.9. The Morgan fingerprint density at radius 3 is 2.71 bits per heavy atom. The van der Waals surface area contributed by atoms with Gasteiger partial charge in [0.05, 0.1) is 17.7 Å². The molecule has 1 atom stereocenters. The standard InChI is InChI=1S/C10H14BrNO2/c1-6-3-4-8(14-2)10(11)9(6)7(13)5-12/h3-4,7,13H,5,12H2,1-2H3. The van der Waals surface area contributed by atoms with Crippen molar-refractivity contribution in [2.75, 3.05) is 13.7 Å². The second kappa shape index (κ2) is 4.77. The molecule has 0 saturated carbocycles. The lowest BCUT2D eigenvalue weighted by atomic mass is 10.0. The molecule has 4 heteroatoms. The summed E-state index contributed by atoms with van der Waals surface area (Å²) in [5.41, 5.74) is 7.22. The van der Waals surface area contributed by atoms with E-state index in [1.165, 1.54) is 0 Å². The van der Waals surface area contributed by atoms with Crippen molar-refractivity contribution < 1.29 is 9.84 Å². The highest BCUT2D eigenvalue weighted by Crippen LogP contribution is 2.34. The topological polar surface area (TPSA) is 55.5 Å². The van der Waals surface area contributed by atoms with Gasteiger partial charge in [-0.25, -0.2) is 0 Å². The minimum Gasteiger partial charge on any atom is -0.496 e. The summed E-state index contributed by atoms with van der Waals surface area (Å²) in [6, 6.07) is 3.75. The molecule has 0 aliphatic carbocycles. The van der Waals surface area contributed by atoms with Gasteiger partial charge in [0.15, 0.2) is 0 Å². The predicted molar refractivity (Wildman–Crippen MR) is 59.4 cm³/mol. The summed E-state index contributed by atoms with van der Waals surface area (Å²) in [5, 5.41) is 9.70. The fraction of sp³-hybridized carbons (Fsp3) is 0.400. The van der Waals surface area contributed by atoms with Crippen molar-refractivity contribution in [2.45, 2.75) is 13.0 Å². The van der Waals surface area contributed by atoms with Crippen LogP contribution in [0.15, 0.2) is 16.6 Å². The van der Waals surface area contributed by atoms with Crippen LogP contribution in [0.4, 0.5) is 0 Å². The second-order valence-electron chi connectivity index (χ2n) is 3.06. The van der Waals surface area contributed by atoms with Gasteiger partial charge in [0, 0.05) is 12.1 Å². The summed E-state index contributed by atoms with van der Waals surface area (Å²) in [7, 11) is 1.59. The normalized spacial score (nSPS) is 12.6. The van der Waals surface area contributed by atoms with Gasteiger partial charge in [0.25, 0.3) is 0 Å². The van der Waals surface area contributed by atoms with Crippen molar-refractivity contribution in [2.24, 2.45) is 5.73 Å². The average molecular weight is 260 g/mol. The zero-order valence-electron chi connectivity index (χ0n) is 8.25. The Labute approximate surface area is 92.0 Å². The number of methoxy groups -OCH3 is 1. The summed E-state index contributed by atoms with van der Waals surface area (Å²) in [5.74, 6) is 0.707. The molecular formula is C10H14BrNO2. The SMILES string of the molecule is COc1ccc(C)c(C(O)CN)c1Br. The first-order valence-electron chi connectivity index (χ1n) is 4.33. The van der Waals surface area contributed by atoms with Crippen molar-refractivity contribution in [3.63, 3.8) is 0 Å². The fourth-order valence-corrected chi connectivity index (χ4v) is 2.23. The Hall–Kier alpha value is -0.580. The molecule has 3 nitrogen and oxygen atoms in total. The first-order chi connectivity index (χ1) is 6.61. The number of aryl methyl sites for hydroxylation is 1. The fourth-order valence-electron chi connectivity index (χ4n) is 1.35. The Kier molecular flexibility index (Phi) is 3.92. The minimum absolute atomic E-state index is 0.201. The van der Waals surface area contributed by atoms with Crippen LogP contribution in [0.3, 0.4) is 0 Å². The molecule has 0 aliphatic heterocycles. The van der Waals surface area contributed by atoms with E-state index in [-0.39, 0.29) is 6.54 Å². The Bertz CT molecular complexity index is 328. The minimum atomic E-state index is -0.653. The van der Waals surface area contributed by atoms with Gasteiger partial charge in [-0.05, 0) is 34.5 Å². The lowest BCUT2D eigenvalue weighted by molar-refractivity contribution is 0.184. The van der Waals surface area contributed by atoms with Crippen LogP contribution in [0.1, 0.15) is 17.2 Å². The molecule has 0 amide bonds. The molecule has 1 unspecified atom stereocenters. The van der Waals surface area contributed by atoms with Gasteiger partial charge in [0.1, 0.15) is 5.75 Å². The van der Waals surface area contributed by atoms with Crippen LogP contribution in [0.25, 0.3) is 0 Å². The Balaban J connectivity index is 3.25. The highest BCUT2D eigenvalue weighted by Gasteiger charge is 2.15. The average Bonchev–Trinajstić information content (AvgIpc) is 2.18. The first kappa shape index (κ1) is 11.5. The van der Waals surface area contributed by atoms with Crippen LogP contribution in [0.2, 0.25) is 0 Å². The number of rotatable bonds is 3. The van der Waals surface area contributed by atoms with Crippen LogP contribution in [0, 0.1) is 6.92 Å². The molecule has 78 valence electrons. The van der Waals surface area contributed by atoms with E-state index < -0.39 is 6.10 Å². The first-order valence-corrected chi connectivity index (χ1v) is 5.12. The number of benzene rings is 1. The van der Waals surface area contributed by atoms with Gasteiger partial charge in [-0.1, -0.05) is 6.07 Å². The van der Waals surface area contributed by atoms with Crippen LogP contribution >= 0.6 is 15.9 Å². The van der Waals surface area contributed by atoms with Gasteiger partial charge in [0.2, 0.25) is 0 Å². The maximum atomic E-state index is 9.70. The number of aliphatic hydroxyl groups is 1. The summed E-state index contributed by atoms with van der Waals surface area (Å²) in [6.07, 6.45) is -0.653. The molecule has 0 heterocycles. The number of hydrogen-bond donors (Lipinski definition) is 2. The molecule has 0 spiro atoms. The van der Waals surface area contributed by atoms with Crippen molar-refractivity contribution in [1.82, 2.24) is 0 Å². The van der Waals surface area contributed by atoms with E-state index in [2.05, 4.69) is 15.9 Å². The maximum absolute atomic E-state index is 9.70. The van der Waals surface area contributed by atoms with Crippen LogP contribution in [-0.2, 0) is 0 Å². The van der Waals surface area contributed by atoms with Crippen molar-refractivity contribution in [1.29, 1.82) is 0 Å². The quantitative estimate of drug-likeness (QED) is 0.870. The number of aliphatic hydroxyl groups excluding tert-OH is 1. The Morgan fingerprint density at radius 1 is 1.57 bits per heavy atom. The van der Waals surface area contributed by atoms with E-state index in [0.717, 1.165) is 15.6 Å². The van der Waals surface area contributed by atoms with Crippen molar-refractivity contribution in [3.8, 4) is 5.75 Å². The molecule has 1 rings (SSSR count). The van der Waals surface area contributed by atoms with Gasteiger partial charge >= 0.3 is 0 Å². The van der Waals surface area contributed by atoms with Crippen LogP contribution in [-0.4, -0.2) is 18.8 Å². The van der Waals surface area contributed by atoms with E-state index in [0.29, 0.717) is 5.75 Å². The summed E-state index contributed by atoms with van der Waals surface area (Å²) in [6.45, 7) is 2.13. The molecule has 3 N–H and O–H groups in total. The summed E-state index contributed by atoms with van der Waals surface area (Å²) < 4.78 is 5.91. The monoisotopic (exact) mass is 259 g/mol. The van der Waals surface area contributed by atoms with Gasteiger partial charge in [-0.3, -0.25) is 0 Å². The molecule has 0 fully saturated rings. The van der Waals surface area contributed by atoms with Gasteiger partial charge in [-0.2, -0.15) is 0 Å². The molecule has 1 aromatic carbocycles. The molecule has 0 aliphatic rings. The number of nitrogens with two attached hydrogens (primary N) is 1. The van der Waals surface area contributed by atoms with Crippen LogP contribution in [0.5, 0.6) is 5.75 Å². The van der Waals surface area contributed by atoms with Crippen molar-refractivity contribution in [3.05, 3.63) is 27.7 Å². The third-order valence-corrected chi connectivity index (χ3v) is 2.96.